The molecular formula is C29H44N2O3S. The van der Waals surface area contributed by atoms with Gasteiger partial charge in [0.05, 0.1) is 5.75 Å². The lowest BCUT2D eigenvalue weighted by molar-refractivity contribution is -0.131. The van der Waals surface area contributed by atoms with Gasteiger partial charge in [-0.3, -0.25) is 4.79 Å². The van der Waals surface area contributed by atoms with E-state index in [1.807, 2.05) is 30.3 Å². The van der Waals surface area contributed by atoms with Crippen LogP contribution in [0.5, 0.6) is 0 Å². The quantitative estimate of drug-likeness (QED) is 0.536. The van der Waals surface area contributed by atoms with Crippen LogP contribution in [0, 0.1) is 29.6 Å². The number of rotatable bonds is 8. The van der Waals surface area contributed by atoms with Gasteiger partial charge in [-0.1, -0.05) is 68.9 Å². The summed E-state index contributed by atoms with van der Waals surface area (Å²) in [5.74, 6) is 2.36. The monoisotopic (exact) mass is 500 g/mol. The number of nitrogens with zero attached hydrogens (tertiary/aromatic N) is 1. The summed E-state index contributed by atoms with van der Waals surface area (Å²) in [4.78, 5) is 13.8. The van der Waals surface area contributed by atoms with Gasteiger partial charge >= 0.3 is 0 Å². The Morgan fingerprint density at radius 2 is 1.49 bits per heavy atom. The highest BCUT2D eigenvalue weighted by Gasteiger charge is 2.47. The van der Waals surface area contributed by atoms with E-state index in [0.29, 0.717) is 43.2 Å². The van der Waals surface area contributed by atoms with Gasteiger partial charge < -0.3 is 5.32 Å². The van der Waals surface area contributed by atoms with E-state index < -0.39 is 10.0 Å². The molecule has 3 atom stereocenters. The lowest BCUT2D eigenvalue weighted by Gasteiger charge is -2.37. The van der Waals surface area contributed by atoms with Crippen LogP contribution >= 0.6 is 0 Å². The van der Waals surface area contributed by atoms with Crippen molar-refractivity contribution in [1.29, 1.82) is 0 Å². The fourth-order valence-corrected chi connectivity index (χ4v) is 9.30. The lowest BCUT2D eigenvalue weighted by Crippen LogP contribution is -2.47. The van der Waals surface area contributed by atoms with Crippen molar-refractivity contribution in [2.75, 3.05) is 18.8 Å². The highest BCUT2D eigenvalue weighted by Crippen LogP contribution is 2.42. The van der Waals surface area contributed by atoms with Crippen molar-refractivity contribution in [3.05, 3.63) is 35.9 Å². The van der Waals surface area contributed by atoms with Crippen LogP contribution in [0.15, 0.2) is 30.3 Å². The second-order valence-electron chi connectivity index (χ2n) is 11.8. The first kappa shape index (κ1) is 25.3. The molecular weight excluding hydrogens is 456 g/mol. The highest BCUT2D eigenvalue weighted by atomic mass is 32.2. The number of hydrogen-bond acceptors (Lipinski definition) is 3. The molecule has 4 fully saturated rings. The Bertz CT molecular complexity index is 920. The van der Waals surface area contributed by atoms with Crippen LogP contribution < -0.4 is 5.32 Å². The van der Waals surface area contributed by atoms with Crippen LogP contribution in [0.1, 0.15) is 82.6 Å². The molecule has 0 aromatic heterocycles. The topological polar surface area (TPSA) is 66.5 Å². The number of carbonyl (C=O) groups is 1. The summed E-state index contributed by atoms with van der Waals surface area (Å²) in [5, 5.41) is 3.51. The van der Waals surface area contributed by atoms with Gasteiger partial charge in [-0.25, -0.2) is 12.7 Å². The zero-order valence-corrected chi connectivity index (χ0v) is 22.1. The zero-order valence-electron chi connectivity index (χ0n) is 21.2. The van der Waals surface area contributed by atoms with E-state index in [9.17, 15) is 13.2 Å². The number of hydrogen-bond donors (Lipinski definition) is 1. The molecule has 4 aliphatic rings. The molecule has 1 aromatic carbocycles. The van der Waals surface area contributed by atoms with Crippen LogP contribution in [-0.4, -0.2) is 43.5 Å². The molecule has 194 valence electrons. The molecule has 3 saturated carbocycles. The number of carbonyl (C=O) groups excluding carboxylic acids is 1. The van der Waals surface area contributed by atoms with E-state index in [0.717, 1.165) is 18.4 Å². The molecule has 5 rings (SSSR count). The molecule has 0 radical (unpaired) electrons. The van der Waals surface area contributed by atoms with Crippen molar-refractivity contribution in [3.63, 3.8) is 0 Å². The van der Waals surface area contributed by atoms with Crippen molar-refractivity contribution in [1.82, 2.24) is 9.62 Å². The standard InChI is InChI=1S/C29H44N2O3S/c32-29(28(23-12-6-2-7-13-23)24-14-8-3-9-15-24)30-27-17-16-25-20-31(21-26(25)27)35(33,34)19-18-22-10-4-1-5-11-22/h1,4-5,10-11,23-28H,2-3,6-9,12-21H2,(H,30,32)/t25-,26+,27-/m0/s1. The molecule has 0 bridgehead atoms. The van der Waals surface area contributed by atoms with Crippen molar-refractivity contribution < 1.29 is 13.2 Å². The number of aryl methyl sites for hydroxylation is 1. The minimum Gasteiger partial charge on any atom is -0.353 e. The smallest absolute Gasteiger partial charge is 0.223 e. The Kier molecular flexibility index (Phi) is 8.18. The Balaban J connectivity index is 1.21. The molecule has 3 aliphatic carbocycles. The molecule has 1 saturated heterocycles. The number of sulfonamides is 1. The Morgan fingerprint density at radius 1 is 0.857 bits per heavy atom. The minimum atomic E-state index is -3.28. The van der Waals surface area contributed by atoms with E-state index in [1.54, 1.807) is 4.31 Å². The molecule has 1 aliphatic heterocycles. The molecule has 1 amide bonds. The van der Waals surface area contributed by atoms with Crippen molar-refractivity contribution in [3.8, 4) is 0 Å². The normalized spacial score (nSPS) is 28.9. The molecule has 6 heteroatoms. The molecule has 5 nitrogen and oxygen atoms in total. The van der Waals surface area contributed by atoms with Gasteiger partial charge in [0.2, 0.25) is 15.9 Å². The van der Waals surface area contributed by atoms with Crippen LogP contribution in [0.2, 0.25) is 0 Å². The fraction of sp³-hybridized carbons (Fsp3) is 0.759. The molecule has 35 heavy (non-hydrogen) atoms. The number of fused-ring (bicyclic) bond motifs is 1. The molecule has 1 N–H and O–H groups in total. The zero-order chi connectivity index (χ0) is 24.3. The van der Waals surface area contributed by atoms with E-state index in [-0.39, 0.29) is 23.6 Å². The molecule has 0 unspecified atom stereocenters. The van der Waals surface area contributed by atoms with Crippen molar-refractivity contribution >= 4 is 15.9 Å². The van der Waals surface area contributed by atoms with Gasteiger partial charge in [0.15, 0.2) is 0 Å². The summed E-state index contributed by atoms with van der Waals surface area (Å²) in [6.45, 7) is 1.20. The third-order valence-corrected chi connectivity index (χ3v) is 11.5. The highest BCUT2D eigenvalue weighted by molar-refractivity contribution is 7.89. The van der Waals surface area contributed by atoms with Crippen LogP contribution in [0.25, 0.3) is 0 Å². The van der Waals surface area contributed by atoms with Gasteiger partial charge in [-0.05, 0) is 74.2 Å². The second kappa shape index (κ2) is 11.3. The predicted octanol–water partition coefficient (Wildman–Crippen LogP) is 5.16. The summed E-state index contributed by atoms with van der Waals surface area (Å²) in [6, 6.07) is 10.0. The lowest BCUT2D eigenvalue weighted by atomic mass is 9.69. The number of benzene rings is 1. The molecule has 0 spiro atoms. The van der Waals surface area contributed by atoms with E-state index in [4.69, 9.17) is 0 Å². The summed E-state index contributed by atoms with van der Waals surface area (Å²) in [7, 11) is -3.28. The van der Waals surface area contributed by atoms with Gasteiger partial charge in [-0.15, -0.1) is 0 Å². The first-order valence-corrected chi connectivity index (χ1v) is 15.9. The second-order valence-corrected chi connectivity index (χ2v) is 13.9. The third kappa shape index (κ3) is 5.95. The minimum absolute atomic E-state index is 0.136. The summed E-state index contributed by atoms with van der Waals surface area (Å²) in [5.41, 5.74) is 1.07. The fourth-order valence-electron chi connectivity index (χ4n) is 7.73. The average Bonchev–Trinajstić information content (AvgIpc) is 3.48. The SMILES string of the molecule is O=C(N[C@H]1CC[C@H]2CN(S(=O)(=O)CCc3ccccc3)C[C@H]21)C(C1CCCCC1)C1CCCCC1. The maximum Gasteiger partial charge on any atom is 0.223 e. The van der Waals surface area contributed by atoms with E-state index in [2.05, 4.69) is 5.32 Å². The Morgan fingerprint density at radius 3 is 2.11 bits per heavy atom. The Hall–Kier alpha value is -1.40. The summed E-state index contributed by atoms with van der Waals surface area (Å²) in [6.07, 6.45) is 15.1. The largest absolute Gasteiger partial charge is 0.353 e. The van der Waals surface area contributed by atoms with Gasteiger partial charge in [-0.2, -0.15) is 0 Å². The maximum atomic E-state index is 13.8. The third-order valence-electron chi connectivity index (χ3n) is 9.65. The van der Waals surface area contributed by atoms with Crippen LogP contribution in [0.3, 0.4) is 0 Å². The number of nitrogens with one attached hydrogen (secondary N) is 1. The summed E-state index contributed by atoms with van der Waals surface area (Å²) >= 11 is 0. The van der Waals surface area contributed by atoms with Gasteiger partial charge in [0.1, 0.15) is 0 Å². The van der Waals surface area contributed by atoms with Crippen LogP contribution in [-0.2, 0) is 21.2 Å². The predicted molar refractivity (Wildman–Crippen MR) is 140 cm³/mol. The molecule has 1 aromatic rings. The Labute approximate surface area is 212 Å². The summed E-state index contributed by atoms with van der Waals surface area (Å²) < 4.78 is 28.0. The maximum absolute atomic E-state index is 13.8. The first-order chi connectivity index (χ1) is 17.0. The number of amides is 1. The van der Waals surface area contributed by atoms with Gasteiger partial charge in [0, 0.05) is 25.0 Å². The average molecular weight is 501 g/mol. The molecule has 1 heterocycles. The van der Waals surface area contributed by atoms with Crippen LogP contribution in [0.4, 0.5) is 0 Å². The van der Waals surface area contributed by atoms with Gasteiger partial charge in [0.25, 0.3) is 0 Å². The van der Waals surface area contributed by atoms with E-state index in [1.165, 1.54) is 64.2 Å². The van der Waals surface area contributed by atoms with Crippen molar-refractivity contribution in [2.24, 2.45) is 29.6 Å². The van der Waals surface area contributed by atoms with E-state index >= 15 is 0 Å². The first-order valence-electron chi connectivity index (χ1n) is 14.3. The van der Waals surface area contributed by atoms with Crippen molar-refractivity contribution in [2.45, 2.75) is 89.5 Å².